The van der Waals surface area contributed by atoms with Crippen molar-refractivity contribution in [2.24, 2.45) is 17.4 Å². The van der Waals surface area contributed by atoms with Crippen LogP contribution in [0.5, 0.6) is 0 Å². The van der Waals surface area contributed by atoms with Gasteiger partial charge in [0, 0.05) is 0 Å². The zero-order valence-corrected chi connectivity index (χ0v) is 8.50. The number of likely N-dealkylation sites (N-methyl/N-ethyl adjacent to an activating group) is 1. The van der Waals surface area contributed by atoms with Gasteiger partial charge in [-0.3, -0.25) is 14.5 Å². The first-order valence-electron chi connectivity index (χ1n) is 4.01. The molecular formula is C8H17N3O2. The molecule has 0 spiro atoms. The summed E-state index contributed by atoms with van der Waals surface area (Å²) in [6.45, 7) is 3.19. The molecule has 76 valence electrons. The van der Waals surface area contributed by atoms with Gasteiger partial charge in [-0.25, -0.2) is 0 Å². The average molecular weight is 187 g/mol. The number of hydrogen-bond acceptors (Lipinski definition) is 3. The second-order valence-corrected chi connectivity index (χ2v) is 3.53. The molecule has 0 saturated heterocycles. The molecule has 0 aromatic rings. The number of carbonyl (C=O) groups is 2. The summed E-state index contributed by atoms with van der Waals surface area (Å²) in [7, 11) is 3.37. The monoisotopic (exact) mass is 187 g/mol. The lowest BCUT2D eigenvalue weighted by molar-refractivity contribution is -0.138. The van der Waals surface area contributed by atoms with Crippen molar-refractivity contribution >= 4 is 11.8 Å². The molecule has 0 aliphatic rings. The molecular weight excluding hydrogens is 170 g/mol. The first-order chi connectivity index (χ1) is 5.74. The summed E-state index contributed by atoms with van der Waals surface area (Å²) in [6.07, 6.45) is 0. The highest BCUT2D eigenvalue weighted by atomic mass is 16.2. The molecule has 2 amide bonds. The number of hydrogen-bond donors (Lipinski definition) is 2. The molecule has 13 heavy (non-hydrogen) atoms. The highest BCUT2D eigenvalue weighted by Crippen LogP contribution is 2.21. The van der Waals surface area contributed by atoms with Crippen LogP contribution in [0.15, 0.2) is 0 Å². The predicted molar refractivity (Wildman–Crippen MR) is 49.6 cm³/mol. The molecule has 0 aliphatic heterocycles. The van der Waals surface area contributed by atoms with E-state index in [1.165, 1.54) is 0 Å². The Bertz CT molecular complexity index is 227. The fourth-order valence-corrected chi connectivity index (χ4v) is 1.10. The van der Waals surface area contributed by atoms with Gasteiger partial charge in [-0.1, -0.05) is 6.92 Å². The van der Waals surface area contributed by atoms with E-state index in [1.807, 2.05) is 0 Å². The minimum atomic E-state index is -1.02. The fraction of sp³-hybridized carbons (Fsp3) is 0.750. The van der Waals surface area contributed by atoms with E-state index in [1.54, 1.807) is 32.8 Å². The summed E-state index contributed by atoms with van der Waals surface area (Å²) in [5, 5.41) is 0. The summed E-state index contributed by atoms with van der Waals surface area (Å²) in [5.74, 6) is -1.70. The Balaban J connectivity index is 5.01. The third-order valence-corrected chi connectivity index (χ3v) is 2.70. The Morgan fingerprint density at radius 1 is 1.31 bits per heavy atom. The molecule has 0 aliphatic carbocycles. The van der Waals surface area contributed by atoms with Gasteiger partial charge in [0.1, 0.15) is 5.54 Å². The third kappa shape index (κ3) is 1.98. The molecule has 0 saturated carbocycles. The molecule has 0 aromatic carbocycles. The summed E-state index contributed by atoms with van der Waals surface area (Å²) >= 11 is 0. The lowest BCUT2D eigenvalue weighted by atomic mass is 9.84. The Kier molecular flexibility index (Phi) is 3.42. The van der Waals surface area contributed by atoms with Crippen LogP contribution in [0, 0.1) is 5.92 Å². The Morgan fingerprint density at radius 2 is 1.69 bits per heavy atom. The van der Waals surface area contributed by atoms with Crippen molar-refractivity contribution in [3.63, 3.8) is 0 Å². The van der Waals surface area contributed by atoms with Gasteiger partial charge < -0.3 is 11.5 Å². The second-order valence-electron chi connectivity index (χ2n) is 3.53. The highest BCUT2D eigenvalue weighted by Gasteiger charge is 2.42. The second kappa shape index (κ2) is 3.74. The molecule has 5 nitrogen and oxygen atoms in total. The van der Waals surface area contributed by atoms with Crippen molar-refractivity contribution in [2.45, 2.75) is 19.4 Å². The SMILES string of the molecule is CC(C(N)=O)[C@@](C)(C(N)=O)N(C)C. The van der Waals surface area contributed by atoms with E-state index < -0.39 is 23.3 Å². The maximum atomic E-state index is 11.2. The molecule has 0 bridgehead atoms. The standard InChI is InChI=1S/C8H17N3O2/c1-5(6(9)12)8(2,7(10)13)11(3)4/h5H,1-4H3,(H2,9,12)(H2,10,13)/t5?,8-/m0/s1. The van der Waals surface area contributed by atoms with Crippen LogP contribution in [-0.2, 0) is 9.59 Å². The molecule has 2 atom stereocenters. The zero-order chi connectivity index (χ0) is 10.8. The Labute approximate surface area is 78.1 Å². The van der Waals surface area contributed by atoms with Crippen LogP contribution in [0.1, 0.15) is 13.8 Å². The van der Waals surface area contributed by atoms with Crippen LogP contribution in [0.4, 0.5) is 0 Å². The zero-order valence-electron chi connectivity index (χ0n) is 8.50. The Hall–Kier alpha value is -1.10. The van der Waals surface area contributed by atoms with Crippen LogP contribution in [0.3, 0.4) is 0 Å². The first kappa shape index (κ1) is 11.9. The third-order valence-electron chi connectivity index (χ3n) is 2.70. The summed E-state index contributed by atoms with van der Waals surface area (Å²) in [4.78, 5) is 23.7. The molecule has 0 aromatic heterocycles. The van der Waals surface area contributed by atoms with Crippen molar-refractivity contribution in [1.29, 1.82) is 0 Å². The van der Waals surface area contributed by atoms with Crippen LogP contribution < -0.4 is 11.5 Å². The van der Waals surface area contributed by atoms with Crippen molar-refractivity contribution in [3.8, 4) is 0 Å². The number of nitrogens with two attached hydrogens (primary N) is 2. The molecule has 0 rings (SSSR count). The highest BCUT2D eigenvalue weighted by molar-refractivity contribution is 5.91. The predicted octanol–water partition coefficient (Wildman–Crippen LogP) is -1.09. The molecule has 5 heteroatoms. The van der Waals surface area contributed by atoms with Gasteiger partial charge in [0.25, 0.3) is 0 Å². The number of carbonyl (C=O) groups excluding carboxylic acids is 2. The Morgan fingerprint density at radius 3 is 1.77 bits per heavy atom. The summed E-state index contributed by atoms with van der Waals surface area (Å²) in [5.41, 5.74) is 9.32. The van der Waals surface area contributed by atoms with E-state index in [-0.39, 0.29) is 0 Å². The quantitative estimate of drug-likeness (QED) is 0.586. The smallest absolute Gasteiger partial charge is 0.238 e. The largest absolute Gasteiger partial charge is 0.369 e. The molecule has 4 N–H and O–H groups in total. The van der Waals surface area contributed by atoms with E-state index in [0.29, 0.717) is 0 Å². The van der Waals surface area contributed by atoms with E-state index in [4.69, 9.17) is 11.5 Å². The van der Waals surface area contributed by atoms with Crippen LogP contribution >= 0.6 is 0 Å². The van der Waals surface area contributed by atoms with Gasteiger partial charge in [0.2, 0.25) is 11.8 Å². The fourth-order valence-electron chi connectivity index (χ4n) is 1.10. The van der Waals surface area contributed by atoms with Gasteiger partial charge in [0.15, 0.2) is 0 Å². The maximum Gasteiger partial charge on any atom is 0.238 e. The van der Waals surface area contributed by atoms with Crippen molar-refractivity contribution < 1.29 is 9.59 Å². The van der Waals surface area contributed by atoms with Gasteiger partial charge in [-0.05, 0) is 21.0 Å². The molecule has 0 radical (unpaired) electrons. The minimum absolute atomic E-state index is 0.532. The molecule has 0 fully saturated rings. The summed E-state index contributed by atoms with van der Waals surface area (Å²) < 4.78 is 0. The van der Waals surface area contributed by atoms with Gasteiger partial charge in [-0.2, -0.15) is 0 Å². The molecule has 1 unspecified atom stereocenters. The van der Waals surface area contributed by atoms with E-state index in [0.717, 1.165) is 0 Å². The number of rotatable bonds is 4. The van der Waals surface area contributed by atoms with Crippen LogP contribution in [-0.4, -0.2) is 36.3 Å². The van der Waals surface area contributed by atoms with Gasteiger partial charge >= 0.3 is 0 Å². The van der Waals surface area contributed by atoms with Crippen LogP contribution in [0.2, 0.25) is 0 Å². The number of primary amides is 2. The average Bonchev–Trinajstić information content (AvgIpc) is 2.00. The summed E-state index contributed by atoms with van der Waals surface area (Å²) in [6, 6.07) is 0. The number of amides is 2. The van der Waals surface area contributed by atoms with Crippen LogP contribution in [0.25, 0.3) is 0 Å². The maximum absolute atomic E-state index is 11.2. The van der Waals surface area contributed by atoms with E-state index in [9.17, 15) is 9.59 Å². The van der Waals surface area contributed by atoms with Gasteiger partial charge in [0.05, 0.1) is 5.92 Å². The minimum Gasteiger partial charge on any atom is -0.369 e. The van der Waals surface area contributed by atoms with Crippen molar-refractivity contribution in [2.75, 3.05) is 14.1 Å². The van der Waals surface area contributed by atoms with E-state index in [2.05, 4.69) is 0 Å². The van der Waals surface area contributed by atoms with Crippen molar-refractivity contribution in [3.05, 3.63) is 0 Å². The van der Waals surface area contributed by atoms with Crippen molar-refractivity contribution in [1.82, 2.24) is 4.90 Å². The number of nitrogens with zero attached hydrogens (tertiary/aromatic N) is 1. The van der Waals surface area contributed by atoms with E-state index >= 15 is 0 Å². The normalized spacial score (nSPS) is 17.9. The topological polar surface area (TPSA) is 89.4 Å². The first-order valence-corrected chi connectivity index (χ1v) is 4.01. The lowest BCUT2D eigenvalue weighted by Crippen LogP contribution is -2.59. The van der Waals surface area contributed by atoms with Gasteiger partial charge in [-0.15, -0.1) is 0 Å². The lowest BCUT2D eigenvalue weighted by Gasteiger charge is -2.36. The molecule has 0 heterocycles.